The largest absolute Gasteiger partial charge is 0.516 e. The summed E-state index contributed by atoms with van der Waals surface area (Å²) in [5, 5.41) is 20.7. The van der Waals surface area contributed by atoms with Crippen LogP contribution in [-0.4, -0.2) is 48.8 Å². The number of aromatic amines is 1. The number of rotatable bonds is 8. The highest BCUT2D eigenvalue weighted by Crippen LogP contribution is 2.42. The third kappa shape index (κ3) is 5.34. The number of carbonyl (C=O) groups is 1. The first kappa shape index (κ1) is 25.4. The lowest BCUT2D eigenvalue weighted by atomic mass is 9.93. The van der Waals surface area contributed by atoms with E-state index in [9.17, 15) is 4.79 Å². The standard InChI is InChI=1S/C31H36N6O2/c1-20-16-24(18-25-29(20)34-35-30(25)22-7-8-22)32-31(39)23-9-10-27-26(17-23)33-28(36(27)2)19-37-13-11-21(12-14-37)6-4-3-5-15-38/h3-5,9-10,15-18,21-22,38H,6-8,11-14,19H2,1-2H3,(H,32,39)(H,34,35)/b4-3-,15-5+. The van der Waals surface area contributed by atoms with Crippen molar-refractivity contribution in [3.8, 4) is 0 Å². The second kappa shape index (κ2) is 10.7. The van der Waals surface area contributed by atoms with Crippen molar-refractivity contribution in [3.63, 3.8) is 0 Å². The van der Waals surface area contributed by atoms with Crippen LogP contribution in [0.15, 0.2) is 54.8 Å². The highest BCUT2D eigenvalue weighted by molar-refractivity contribution is 6.07. The van der Waals surface area contributed by atoms with Crippen molar-refractivity contribution in [3.05, 3.63) is 77.5 Å². The van der Waals surface area contributed by atoms with E-state index in [2.05, 4.69) is 38.1 Å². The van der Waals surface area contributed by atoms with Crippen molar-refractivity contribution in [2.75, 3.05) is 18.4 Å². The SMILES string of the molecule is Cc1cc(NC(=O)c2ccc3c(c2)nc(CN2CCC(C/C=C\C=C\O)CC2)n3C)cc2c(C3CC3)[nH]nc12. The average Bonchev–Trinajstić information content (AvgIpc) is 3.61. The maximum absolute atomic E-state index is 13.2. The molecule has 8 heteroatoms. The monoisotopic (exact) mass is 524 g/mol. The molecule has 0 radical (unpaired) electrons. The molecule has 0 unspecified atom stereocenters. The first-order chi connectivity index (χ1) is 19.0. The number of carbonyl (C=O) groups excluding carboxylic acids is 1. The number of aliphatic hydroxyl groups is 1. The molecule has 1 aliphatic carbocycles. The molecule has 39 heavy (non-hydrogen) atoms. The topological polar surface area (TPSA) is 99.1 Å². The number of nitrogens with one attached hydrogen (secondary N) is 2. The van der Waals surface area contributed by atoms with Crippen LogP contribution in [0.3, 0.4) is 0 Å². The molecule has 0 spiro atoms. The predicted molar refractivity (Wildman–Crippen MR) is 155 cm³/mol. The number of fused-ring (bicyclic) bond motifs is 2. The lowest BCUT2D eigenvalue weighted by Gasteiger charge is -2.31. The Kier molecular flexibility index (Phi) is 6.95. The second-order valence-corrected chi connectivity index (χ2v) is 11.1. The van der Waals surface area contributed by atoms with Crippen LogP contribution in [-0.2, 0) is 13.6 Å². The fraction of sp³-hybridized carbons (Fsp3) is 0.387. The third-order valence-corrected chi connectivity index (χ3v) is 8.23. The van der Waals surface area contributed by atoms with E-state index in [1.807, 2.05) is 43.3 Å². The summed E-state index contributed by atoms with van der Waals surface area (Å²) in [6.45, 7) is 4.94. The number of hydrogen-bond acceptors (Lipinski definition) is 5. The van der Waals surface area contributed by atoms with Crippen LogP contribution in [0.25, 0.3) is 21.9 Å². The smallest absolute Gasteiger partial charge is 0.255 e. The molecule has 2 aliphatic rings. The Morgan fingerprint density at radius 1 is 1.15 bits per heavy atom. The number of likely N-dealkylation sites (tertiary alicyclic amines) is 1. The number of aryl methyl sites for hydroxylation is 2. The molecule has 2 aromatic carbocycles. The van der Waals surface area contributed by atoms with Crippen molar-refractivity contribution in [2.45, 2.75) is 51.5 Å². The zero-order chi connectivity index (χ0) is 26.9. The molecule has 0 bridgehead atoms. The molecule has 1 saturated heterocycles. The normalized spacial score (nSPS) is 17.3. The highest BCUT2D eigenvalue weighted by Gasteiger charge is 2.28. The molecule has 2 aromatic heterocycles. The Morgan fingerprint density at radius 3 is 2.74 bits per heavy atom. The van der Waals surface area contributed by atoms with Crippen molar-refractivity contribution in [2.24, 2.45) is 13.0 Å². The average molecular weight is 525 g/mol. The molecule has 1 aliphatic heterocycles. The van der Waals surface area contributed by atoms with Crippen LogP contribution in [0.2, 0.25) is 0 Å². The van der Waals surface area contributed by atoms with Gasteiger partial charge in [-0.1, -0.05) is 12.2 Å². The molecule has 6 rings (SSSR count). The lowest BCUT2D eigenvalue weighted by molar-refractivity contribution is 0.102. The maximum atomic E-state index is 13.2. The first-order valence-electron chi connectivity index (χ1n) is 13.9. The Hall–Kier alpha value is -3.91. The number of aromatic nitrogens is 4. The molecule has 1 amide bonds. The van der Waals surface area contributed by atoms with Gasteiger partial charge in [-0.15, -0.1) is 0 Å². The van der Waals surface area contributed by atoms with E-state index in [0.717, 1.165) is 84.2 Å². The number of amides is 1. The lowest BCUT2D eigenvalue weighted by Crippen LogP contribution is -2.33. The minimum absolute atomic E-state index is 0.134. The number of hydrogen-bond donors (Lipinski definition) is 3. The van der Waals surface area contributed by atoms with Crippen LogP contribution in [0.1, 0.15) is 65.5 Å². The van der Waals surface area contributed by atoms with Gasteiger partial charge in [-0.05, 0) is 100 Å². The molecular formula is C31H36N6O2. The van der Waals surface area contributed by atoms with Gasteiger partial charge in [-0.2, -0.15) is 5.10 Å². The number of piperidine rings is 1. The minimum atomic E-state index is -0.134. The number of benzene rings is 2. The zero-order valence-corrected chi connectivity index (χ0v) is 22.7. The summed E-state index contributed by atoms with van der Waals surface area (Å²) >= 11 is 0. The van der Waals surface area contributed by atoms with Crippen molar-refractivity contribution < 1.29 is 9.90 Å². The number of H-pyrrole nitrogens is 1. The Bertz CT molecular complexity index is 1570. The van der Waals surface area contributed by atoms with E-state index in [-0.39, 0.29) is 5.91 Å². The molecule has 202 valence electrons. The Morgan fingerprint density at radius 2 is 1.97 bits per heavy atom. The summed E-state index contributed by atoms with van der Waals surface area (Å²) in [4.78, 5) is 20.6. The summed E-state index contributed by atoms with van der Waals surface area (Å²) in [6.07, 6.45) is 12.5. The molecule has 8 nitrogen and oxygen atoms in total. The second-order valence-electron chi connectivity index (χ2n) is 11.1. The molecular weight excluding hydrogens is 488 g/mol. The molecule has 4 aromatic rings. The van der Waals surface area contributed by atoms with Gasteiger partial charge in [0.25, 0.3) is 5.91 Å². The summed E-state index contributed by atoms with van der Waals surface area (Å²) in [5.74, 6) is 2.13. The third-order valence-electron chi connectivity index (χ3n) is 8.23. The molecule has 1 saturated carbocycles. The minimum Gasteiger partial charge on any atom is -0.516 e. The molecule has 3 N–H and O–H groups in total. The fourth-order valence-corrected chi connectivity index (χ4v) is 5.78. The summed E-state index contributed by atoms with van der Waals surface area (Å²) < 4.78 is 2.14. The van der Waals surface area contributed by atoms with Gasteiger partial charge in [0.15, 0.2) is 0 Å². The Labute approximate surface area is 228 Å². The number of imidazole rings is 1. The van der Waals surface area contributed by atoms with E-state index in [1.165, 1.54) is 18.5 Å². The van der Waals surface area contributed by atoms with Gasteiger partial charge in [0, 0.05) is 35.3 Å². The van der Waals surface area contributed by atoms with Gasteiger partial charge >= 0.3 is 0 Å². The van der Waals surface area contributed by atoms with E-state index in [1.54, 1.807) is 6.08 Å². The van der Waals surface area contributed by atoms with Crippen LogP contribution >= 0.6 is 0 Å². The number of allylic oxidation sites excluding steroid dienone is 3. The van der Waals surface area contributed by atoms with Gasteiger partial charge in [-0.25, -0.2) is 4.98 Å². The van der Waals surface area contributed by atoms with Gasteiger partial charge < -0.3 is 15.0 Å². The van der Waals surface area contributed by atoms with Gasteiger partial charge in [0.2, 0.25) is 0 Å². The highest BCUT2D eigenvalue weighted by atomic mass is 16.2. The van der Waals surface area contributed by atoms with Gasteiger partial charge in [-0.3, -0.25) is 14.8 Å². The maximum Gasteiger partial charge on any atom is 0.255 e. The molecule has 3 heterocycles. The number of anilines is 1. The van der Waals surface area contributed by atoms with E-state index < -0.39 is 0 Å². The zero-order valence-electron chi connectivity index (χ0n) is 22.7. The first-order valence-corrected chi connectivity index (χ1v) is 13.9. The summed E-state index contributed by atoms with van der Waals surface area (Å²) in [6, 6.07) is 9.80. The predicted octanol–water partition coefficient (Wildman–Crippen LogP) is 6.12. The van der Waals surface area contributed by atoms with Crippen LogP contribution in [0, 0.1) is 12.8 Å². The van der Waals surface area contributed by atoms with Gasteiger partial charge in [0.1, 0.15) is 5.82 Å². The van der Waals surface area contributed by atoms with Crippen molar-refractivity contribution in [1.29, 1.82) is 0 Å². The van der Waals surface area contributed by atoms with Crippen LogP contribution in [0.4, 0.5) is 5.69 Å². The summed E-state index contributed by atoms with van der Waals surface area (Å²) in [7, 11) is 2.05. The Balaban J connectivity index is 1.13. The number of nitrogens with zero attached hydrogens (tertiary/aromatic N) is 4. The number of aliphatic hydroxyl groups excluding tert-OH is 1. The van der Waals surface area contributed by atoms with Crippen LogP contribution in [0.5, 0.6) is 0 Å². The van der Waals surface area contributed by atoms with E-state index in [0.29, 0.717) is 17.4 Å². The van der Waals surface area contributed by atoms with Crippen LogP contribution < -0.4 is 5.32 Å². The van der Waals surface area contributed by atoms with Crippen molar-refractivity contribution >= 4 is 33.5 Å². The fourth-order valence-electron chi connectivity index (χ4n) is 5.78. The van der Waals surface area contributed by atoms with E-state index >= 15 is 0 Å². The van der Waals surface area contributed by atoms with Crippen molar-refractivity contribution in [1.82, 2.24) is 24.6 Å². The molecule has 2 fully saturated rings. The summed E-state index contributed by atoms with van der Waals surface area (Å²) in [5.41, 5.74) is 6.48. The van der Waals surface area contributed by atoms with Gasteiger partial charge in [0.05, 0.1) is 29.4 Å². The van der Waals surface area contributed by atoms with E-state index in [4.69, 9.17) is 10.1 Å². The quantitative estimate of drug-likeness (QED) is 0.191. The molecule has 0 atom stereocenters.